The number of H-pyrrole nitrogens is 1. The summed E-state index contributed by atoms with van der Waals surface area (Å²) in [6.45, 7) is 1.03. The number of ether oxygens (including phenoxy) is 1. The predicted molar refractivity (Wildman–Crippen MR) is 119 cm³/mol. The maximum Gasteiger partial charge on any atom is 0.573 e. The molecule has 3 heterocycles. The topological polar surface area (TPSA) is 117 Å². The van der Waals surface area contributed by atoms with Crippen molar-refractivity contribution in [1.29, 1.82) is 0 Å². The highest BCUT2D eigenvalue weighted by Gasteiger charge is 2.32. The molecule has 11 heteroatoms. The number of aliphatic hydroxyl groups excluding tert-OH is 1. The molecule has 4 N–H and O–H groups in total. The van der Waals surface area contributed by atoms with E-state index in [-0.39, 0.29) is 29.2 Å². The Morgan fingerprint density at radius 1 is 1.15 bits per heavy atom. The zero-order valence-corrected chi connectivity index (χ0v) is 18.4. The summed E-state index contributed by atoms with van der Waals surface area (Å²) in [6.07, 6.45) is 3.40. The fourth-order valence-corrected chi connectivity index (χ4v) is 4.09. The Morgan fingerprint density at radius 3 is 2.44 bits per heavy atom. The average Bonchev–Trinajstić information content (AvgIpc) is 3.26. The molecule has 1 aliphatic carbocycles. The second kappa shape index (κ2) is 9.88. The molecule has 0 spiro atoms. The number of piperidine rings is 1. The molecule has 34 heavy (non-hydrogen) atoms. The molecular weight excluding hydrogens is 451 g/mol. The monoisotopic (exact) mass is 477 g/mol. The highest BCUT2D eigenvalue weighted by molar-refractivity contribution is 5.99. The lowest BCUT2D eigenvalue weighted by Crippen LogP contribution is -2.38. The third kappa shape index (κ3) is 5.58. The number of hydrogen-bond donors (Lipinski definition) is 3. The molecule has 0 radical (unpaired) electrons. The van der Waals surface area contributed by atoms with E-state index in [2.05, 4.69) is 19.7 Å². The van der Waals surface area contributed by atoms with Crippen molar-refractivity contribution in [2.24, 2.45) is 0 Å². The van der Waals surface area contributed by atoms with Crippen molar-refractivity contribution < 1.29 is 27.8 Å². The lowest BCUT2D eigenvalue weighted by molar-refractivity contribution is -0.274. The highest BCUT2D eigenvalue weighted by atomic mass is 19.4. The van der Waals surface area contributed by atoms with E-state index in [9.17, 15) is 18.0 Å². The number of aliphatic hydroxyl groups is 1. The minimum Gasteiger partial charge on any atom is -0.406 e. The lowest BCUT2D eigenvalue weighted by Gasteiger charge is -2.32. The number of nitrogens with one attached hydrogen (secondary N) is 1. The van der Waals surface area contributed by atoms with E-state index < -0.39 is 12.1 Å². The first-order valence-electron chi connectivity index (χ1n) is 11.1. The first-order chi connectivity index (χ1) is 16.2. The van der Waals surface area contributed by atoms with E-state index in [0.717, 1.165) is 48.9 Å². The number of nitrogens with zero attached hydrogens (tertiary/aromatic N) is 3. The number of carbonyl (C=O) groups excluding carboxylic acids is 1. The Kier molecular flexibility index (Phi) is 6.92. The van der Waals surface area contributed by atoms with E-state index >= 15 is 0 Å². The van der Waals surface area contributed by atoms with Gasteiger partial charge in [-0.05, 0) is 61.8 Å². The van der Waals surface area contributed by atoms with Crippen molar-refractivity contribution in [3.05, 3.63) is 47.9 Å². The van der Waals surface area contributed by atoms with Gasteiger partial charge in [-0.3, -0.25) is 4.79 Å². The number of aromatic amines is 1. The van der Waals surface area contributed by atoms with Crippen molar-refractivity contribution >= 4 is 22.8 Å². The molecule has 2 aromatic heterocycles. The molecule has 1 saturated heterocycles. The van der Waals surface area contributed by atoms with Gasteiger partial charge in [0, 0.05) is 31.0 Å². The van der Waals surface area contributed by atoms with E-state index in [4.69, 9.17) is 10.8 Å². The van der Waals surface area contributed by atoms with Gasteiger partial charge in [0.25, 0.3) is 5.91 Å². The molecule has 2 aliphatic rings. The standard InChI is InChI=1S/C19H18F3N5O2.C4H8O/c20-19(21,22)29-12-1-2-14(15(23)9-12)18(28)27-7-4-11(5-8-27)13-3-6-24-17-16(13)25-10-26-17;5-4-2-1-3-4/h1-3,6,9-11H,4-5,7-8,23H2,(H,24,25,26);4-5H,1-3H2. The van der Waals surface area contributed by atoms with Crippen molar-refractivity contribution in [2.45, 2.75) is 50.5 Å². The normalized spacial score (nSPS) is 17.1. The molecule has 0 bridgehead atoms. The van der Waals surface area contributed by atoms with Gasteiger partial charge in [-0.15, -0.1) is 13.2 Å². The number of nitrogen functional groups attached to an aromatic ring is 1. The summed E-state index contributed by atoms with van der Waals surface area (Å²) in [6, 6.07) is 5.33. The number of anilines is 1. The van der Waals surface area contributed by atoms with E-state index in [1.807, 2.05) is 6.07 Å². The van der Waals surface area contributed by atoms with Crippen molar-refractivity contribution in [3.8, 4) is 5.75 Å². The maximum absolute atomic E-state index is 12.8. The number of hydrogen-bond acceptors (Lipinski definition) is 6. The smallest absolute Gasteiger partial charge is 0.406 e. The molecule has 1 aromatic carbocycles. The molecule has 1 saturated carbocycles. The molecule has 0 unspecified atom stereocenters. The summed E-state index contributed by atoms with van der Waals surface area (Å²) in [5.74, 6) is -0.502. The fraction of sp³-hybridized carbons (Fsp3) is 0.435. The number of benzene rings is 1. The van der Waals surface area contributed by atoms with Crippen LogP contribution in [0.15, 0.2) is 36.8 Å². The van der Waals surface area contributed by atoms with Crippen LogP contribution in [0.4, 0.5) is 18.9 Å². The number of fused-ring (bicyclic) bond motifs is 1. The van der Waals surface area contributed by atoms with Crippen LogP contribution in [-0.4, -0.2) is 56.4 Å². The minimum atomic E-state index is -4.81. The van der Waals surface area contributed by atoms with Gasteiger partial charge in [-0.2, -0.15) is 0 Å². The average molecular weight is 477 g/mol. The largest absolute Gasteiger partial charge is 0.573 e. The number of carbonyl (C=O) groups is 1. The van der Waals surface area contributed by atoms with Crippen LogP contribution >= 0.6 is 0 Å². The van der Waals surface area contributed by atoms with Crippen molar-refractivity contribution in [2.75, 3.05) is 18.8 Å². The lowest BCUT2D eigenvalue weighted by atomic mass is 9.89. The van der Waals surface area contributed by atoms with Gasteiger partial charge in [-0.25, -0.2) is 9.97 Å². The number of imidazole rings is 1. The molecule has 1 amide bonds. The van der Waals surface area contributed by atoms with Crippen LogP contribution < -0.4 is 10.5 Å². The predicted octanol–water partition coefficient (Wildman–Crippen LogP) is 3.99. The van der Waals surface area contributed by atoms with E-state index in [1.165, 1.54) is 12.5 Å². The zero-order valence-electron chi connectivity index (χ0n) is 18.4. The quantitative estimate of drug-likeness (QED) is 0.491. The maximum atomic E-state index is 12.8. The van der Waals surface area contributed by atoms with Gasteiger partial charge < -0.3 is 25.5 Å². The highest BCUT2D eigenvalue weighted by Crippen LogP contribution is 2.33. The van der Waals surface area contributed by atoms with Gasteiger partial charge >= 0.3 is 6.36 Å². The molecule has 0 atom stereocenters. The van der Waals surface area contributed by atoms with E-state index in [1.54, 1.807) is 17.4 Å². The van der Waals surface area contributed by atoms with Crippen LogP contribution in [0, 0.1) is 0 Å². The summed E-state index contributed by atoms with van der Waals surface area (Å²) < 4.78 is 40.8. The van der Waals surface area contributed by atoms with Gasteiger partial charge in [0.15, 0.2) is 5.65 Å². The Labute approximate surface area is 193 Å². The second-order valence-electron chi connectivity index (χ2n) is 8.45. The number of nitrogens with two attached hydrogens (primary N) is 1. The summed E-state index contributed by atoms with van der Waals surface area (Å²) in [4.78, 5) is 26.0. The summed E-state index contributed by atoms with van der Waals surface area (Å²) in [5, 5.41) is 8.45. The Balaban J connectivity index is 0.000000486. The van der Waals surface area contributed by atoms with Crippen LogP contribution in [0.3, 0.4) is 0 Å². The summed E-state index contributed by atoms with van der Waals surface area (Å²) >= 11 is 0. The molecular formula is C23H26F3N5O3. The number of amides is 1. The summed E-state index contributed by atoms with van der Waals surface area (Å²) in [5.41, 5.74) is 8.60. The molecule has 3 aromatic rings. The Hall–Kier alpha value is -3.34. The van der Waals surface area contributed by atoms with Crippen LogP contribution in [0.25, 0.3) is 11.2 Å². The van der Waals surface area contributed by atoms with Crippen LogP contribution in [-0.2, 0) is 0 Å². The first kappa shape index (κ1) is 23.8. The van der Waals surface area contributed by atoms with Gasteiger partial charge in [0.05, 0.1) is 23.5 Å². The fourth-order valence-electron chi connectivity index (χ4n) is 4.09. The van der Waals surface area contributed by atoms with Crippen LogP contribution in [0.5, 0.6) is 5.75 Å². The Bertz CT molecular complexity index is 1140. The molecule has 5 rings (SSSR count). The number of pyridine rings is 1. The van der Waals surface area contributed by atoms with Gasteiger partial charge in [0.2, 0.25) is 0 Å². The number of alkyl halides is 3. The van der Waals surface area contributed by atoms with Crippen LogP contribution in [0.1, 0.15) is 53.9 Å². The third-order valence-electron chi connectivity index (χ3n) is 6.14. The number of likely N-dealkylation sites (tertiary alicyclic amines) is 1. The van der Waals surface area contributed by atoms with Gasteiger partial charge in [0.1, 0.15) is 5.75 Å². The second-order valence-corrected chi connectivity index (χ2v) is 8.45. The van der Waals surface area contributed by atoms with Gasteiger partial charge in [-0.1, -0.05) is 0 Å². The number of aromatic nitrogens is 3. The molecule has 1 aliphatic heterocycles. The Morgan fingerprint density at radius 2 is 1.85 bits per heavy atom. The SMILES string of the molecule is Nc1cc(OC(F)(F)F)ccc1C(=O)N1CCC(c2ccnc3nc[nH]c23)CC1.OC1CCC1. The molecule has 2 fully saturated rings. The minimum absolute atomic E-state index is 0.0489. The van der Waals surface area contributed by atoms with Crippen molar-refractivity contribution in [3.63, 3.8) is 0 Å². The summed E-state index contributed by atoms with van der Waals surface area (Å²) in [7, 11) is 0. The third-order valence-corrected chi connectivity index (χ3v) is 6.14. The van der Waals surface area contributed by atoms with E-state index in [0.29, 0.717) is 18.7 Å². The first-order valence-corrected chi connectivity index (χ1v) is 11.1. The van der Waals surface area contributed by atoms with Crippen molar-refractivity contribution in [1.82, 2.24) is 19.9 Å². The number of rotatable bonds is 3. The molecule has 8 nitrogen and oxygen atoms in total. The van der Waals surface area contributed by atoms with Crippen LogP contribution in [0.2, 0.25) is 0 Å². The molecule has 182 valence electrons. The zero-order chi connectivity index (χ0) is 24.3. The number of halogens is 3.